The number of nitrogens with one attached hydrogen (secondary N) is 3. The van der Waals surface area contributed by atoms with Crippen LogP contribution < -0.4 is 44.4 Å². The summed E-state index contributed by atoms with van der Waals surface area (Å²) in [4.78, 5) is 0. The van der Waals surface area contributed by atoms with Crippen molar-refractivity contribution in [2.24, 2.45) is 30.7 Å². The van der Waals surface area contributed by atoms with Gasteiger partial charge in [0.2, 0.25) is 0 Å². The number of hydrogen-bond donors (Lipinski definition) is 3. The molecule has 1 aliphatic rings. The van der Waals surface area contributed by atoms with Gasteiger partial charge in [-0.25, -0.2) is 0 Å². The van der Waals surface area contributed by atoms with Gasteiger partial charge in [0, 0.05) is 36.7 Å². The molecule has 9 aromatic rings. The maximum Gasteiger partial charge on any atom is 0.161 e. The maximum atomic E-state index is 6.51. The summed E-state index contributed by atoms with van der Waals surface area (Å²) in [5.74, 6) is 3.89. The lowest BCUT2D eigenvalue weighted by Crippen LogP contribution is -2.12. The number of nitrogens with zero attached hydrogens (tertiary/aromatic N) is 6. The zero-order valence-electron chi connectivity index (χ0n) is 45.5. The number of fused-ring (bicyclic) bond motifs is 3. The molecule has 10 rings (SSSR count). The Morgan fingerprint density at radius 3 is 0.741 bits per heavy atom. The molecule has 0 saturated carbocycles. The lowest BCUT2D eigenvalue weighted by atomic mass is 9.94. The summed E-state index contributed by atoms with van der Waals surface area (Å²) in [6.45, 7) is 2.83. The second kappa shape index (κ2) is 27.5. The summed E-state index contributed by atoms with van der Waals surface area (Å²) in [6.07, 6.45) is 1.81. The van der Waals surface area contributed by atoms with Crippen LogP contribution in [0.25, 0.3) is 0 Å². The maximum absolute atomic E-state index is 6.51. The smallest absolute Gasteiger partial charge is 0.161 e. The molecule has 408 valence electrons. The molecule has 0 spiro atoms. The fourth-order valence-corrected chi connectivity index (χ4v) is 9.19. The Bertz CT molecular complexity index is 3190. The molecule has 15 nitrogen and oxygen atoms in total. The van der Waals surface area contributed by atoms with Crippen molar-refractivity contribution in [1.29, 1.82) is 0 Å². The zero-order chi connectivity index (χ0) is 55.4. The third kappa shape index (κ3) is 15.2. The van der Waals surface area contributed by atoms with E-state index in [1.165, 1.54) is 0 Å². The van der Waals surface area contributed by atoms with Crippen LogP contribution in [-0.4, -0.2) is 60.8 Å². The fourth-order valence-electron chi connectivity index (χ4n) is 9.19. The second-order valence-corrected chi connectivity index (χ2v) is 18.9. The molecule has 15 heteroatoms. The number of ether oxygens (including phenoxy) is 6. The zero-order valence-corrected chi connectivity index (χ0v) is 45.5. The van der Waals surface area contributed by atoms with Gasteiger partial charge in [-0.1, -0.05) is 54.6 Å². The molecule has 1 aliphatic carbocycles. The van der Waals surface area contributed by atoms with Gasteiger partial charge in [-0.15, -0.1) is 0 Å². The molecule has 9 aromatic carbocycles. The third-order valence-electron chi connectivity index (χ3n) is 13.4. The average molecular weight is 1080 g/mol. The highest BCUT2D eigenvalue weighted by atomic mass is 16.5. The van der Waals surface area contributed by atoms with Crippen LogP contribution in [0.2, 0.25) is 0 Å². The number of hydrogen-bond acceptors (Lipinski definition) is 15. The van der Waals surface area contributed by atoms with Gasteiger partial charge in [0.25, 0.3) is 0 Å². The van der Waals surface area contributed by atoms with Crippen LogP contribution in [0.5, 0.6) is 34.5 Å². The van der Waals surface area contributed by atoms with Gasteiger partial charge >= 0.3 is 0 Å². The lowest BCUT2D eigenvalue weighted by Gasteiger charge is -2.18. The first-order valence-corrected chi connectivity index (χ1v) is 26.8. The van der Waals surface area contributed by atoms with E-state index in [0.29, 0.717) is 93.2 Å². The first-order chi connectivity index (χ1) is 39.9. The molecule has 0 aliphatic heterocycles. The highest BCUT2D eigenvalue weighted by Crippen LogP contribution is 2.41. The molecule has 0 radical (unpaired) electrons. The van der Waals surface area contributed by atoms with Gasteiger partial charge in [-0.05, 0) is 198 Å². The van der Waals surface area contributed by atoms with E-state index in [1.807, 2.05) is 164 Å². The van der Waals surface area contributed by atoms with Gasteiger partial charge in [-0.2, -0.15) is 30.7 Å². The Morgan fingerprint density at radius 1 is 0.284 bits per heavy atom. The van der Waals surface area contributed by atoms with Crippen LogP contribution in [0.3, 0.4) is 0 Å². The van der Waals surface area contributed by atoms with Crippen molar-refractivity contribution in [2.75, 3.05) is 76.7 Å². The molecule has 3 N–H and O–H groups in total. The number of azo groups is 3. The highest BCUT2D eigenvalue weighted by Gasteiger charge is 2.23. The fraction of sp³-hybridized carbons (Fsp3) is 0.182. The molecule has 0 atom stereocenters. The molecule has 81 heavy (non-hydrogen) atoms. The number of benzene rings is 9. The first kappa shape index (κ1) is 54.3. The minimum Gasteiger partial charge on any atom is -0.493 e. The largest absolute Gasteiger partial charge is 0.493 e. The topological polar surface area (TPSA) is 166 Å². The van der Waals surface area contributed by atoms with Gasteiger partial charge in [-0.3, -0.25) is 0 Å². The van der Waals surface area contributed by atoms with Crippen LogP contribution in [-0.2, 0) is 19.3 Å². The van der Waals surface area contributed by atoms with Crippen molar-refractivity contribution in [1.82, 2.24) is 0 Å². The first-order valence-electron chi connectivity index (χ1n) is 26.8. The summed E-state index contributed by atoms with van der Waals surface area (Å²) in [7, 11) is 5.03. The van der Waals surface area contributed by atoms with Crippen LogP contribution in [0.4, 0.5) is 51.2 Å². The number of rotatable bonds is 24. The SMILES string of the molecule is COc1cc2c(cc1OCCNc1ccc(N=Nc3ccccc3)cc1)Cc1cc(OC)c(OCCNc3ccc(N=Nc4ccccc4)cc3)cc1Cc1cc(OC)c(OCCNc3ccc(N=Nc4ccccc4)cc3)cc1C2. The predicted octanol–water partition coefficient (Wildman–Crippen LogP) is 16.5. The van der Waals surface area contributed by atoms with Gasteiger partial charge in [0.1, 0.15) is 19.8 Å². The van der Waals surface area contributed by atoms with E-state index in [0.717, 1.165) is 84.6 Å². The Hall–Kier alpha value is -10.0. The molecule has 0 aromatic heterocycles. The summed E-state index contributed by atoms with van der Waals surface area (Å²) in [6, 6.07) is 65.2. The average Bonchev–Trinajstić information content (AvgIpc) is 3.72. The van der Waals surface area contributed by atoms with Crippen LogP contribution in [0, 0.1) is 0 Å². The molecular weight excluding hydrogens is 1010 g/mol. The predicted molar refractivity (Wildman–Crippen MR) is 321 cm³/mol. The molecule has 0 heterocycles. The van der Waals surface area contributed by atoms with E-state index in [1.54, 1.807) is 21.3 Å². The van der Waals surface area contributed by atoms with Crippen LogP contribution >= 0.6 is 0 Å². The summed E-state index contributed by atoms with van der Waals surface area (Å²) in [5.41, 5.74) is 14.1. The summed E-state index contributed by atoms with van der Waals surface area (Å²) in [5, 5.41) is 36.5. The number of anilines is 3. The Labute approximate surface area is 472 Å². The monoisotopic (exact) mass is 1080 g/mol. The Morgan fingerprint density at radius 2 is 0.506 bits per heavy atom. The van der Waals surface area contributed by atoms with Crippen molar-refractivity contribution >= 4 is 51.2 Å². The van der Waals surface area contributed by atoms with Crippen molar-refractivity contribution in [2.45, 2.75) is 19.3 Å². The molecule has 0 saturated heterocycles. The van der Waals surface area contributed by atoms with Crippen LogP contribution in [0.1, 0.15) is 33.4 Å². The van der Waals surface area contributed by atoms with Crippen LogP contribution in [0.15, 0.2) is 231 Å². The molecule has 0 amide bonds. The summed E-state index contributed by atoms with van der Waals surface area (Å²) < 4.78 is 37.6. The van der Waals surface area contributed by atoms with Crippen molar-refractivity contribution in [3.05, 3.63) is 234 Å². The Balaban J connectivity index is 0.856. The van der Waals surface area contributed by atoms with E-state index < -0.39 is 0 Å². The standard InChI is InChI=1S/C66H63N9O6/c1-76-61-40-46-37-50-44-65(80-35-32-68-53-21-27-59(28-22-53)74-71-56-15-9-5-10-16-56)63(78-3)42-48(50)39-51-45-66(81-36-33-69-54-23-29-60(30-24-54)75-72-57-17-11-6-12-18-57)62(77-2)41-47(51)38-49(46)43-64(61)79-34-31-67-52-19-25-58(26-20-52)73-70-55-13-7-4-8-14-55/h4-30,40-45,67-69H,31-39H2,1-3H3. The third-order valence-corrected chi connectivity index (χ3v) is 13.4. The van der Waals surface area contributed by atoms with E-state index in [2.05, 4.69) is 83.0 Å². The minimum atomic E-state index is 0.390. The molecule has 0 fully saturated rings. The van der Waals surface area contributed by atoms with E-state index >= 15 is 0 Å². The Kier molecular flexibility index (Phi) is 18.5. The van der Waals surface area contributed by atoms with Crippen molar-refractivity contribution in [3.63, 3.8) is 0 Å². The highest BCUT2D eigenvalue weighted by molar-refractivity contribution is 5.59. The normalized spacial score (nSPS) is 11.9. The molecular formula is C66H63N9O6. The summed E-state index contributed by atoms with van der Waals surface area (Å²) >= 11 is 0. The van der Waals surface area contributed by atoms with Gasteiger partial charge in [0.15, 0.2) is 34.5 Å². The minimum absolute atomic E-state index is 0.390. The molecule has 0 bridgehead atoms. The van der Waals surface area contributed by atoms with Crippen molar-refractivity contribution < 1.29 is 28.4 Å². The van der Waals surface area contributed by atoms with E-state index in [9.17, 15) is 0 Å². The van der Waals surface area contributed by atoms with Gasteiger partial charge in [0.05, 0.1) is 55.5 Å². The van der Waals surface area contributed by atoms with E-state index in [-0.39, 0.29) is 0 Å². The lowest BCUT2D eigenvalue weighted by molar-refractivity contribution is 0.305. The molecule has 0 unspecified atom stereocenters. The quantitative estimate of drug-likeness (QED) is 0.0394. The van der Waals surface area contributed by atoms with Crippen molar-refractivity contribution in [3.8, 4) is 34.5 Å². The van der Waals surface area contributed by atoms with Gasteiger partial charge < -0.3 is 44.4 Å². The van der Waals surface area contributed by atoms with E-state index in [4.69, 9.17) is 28.4 Å². The second-order valence-electron chi connectivity index (χ2n) is 18.9. The number of methoxy groups -OCH3 is 3.